The Balaban J connectivity index is 1.88. The molecule has 2 aliphatic heterocycles. The largest absolute Gasteiger partial charge is 0.341 e. The molecule has 98 valence electrons. The summed E-state index contributed by atoms with van der Waals surface area (Å²) in [6, 6.07) is 0.182. The van der Waals surface area contributed by atoms with Gasteiger partial charge in [0.15, 0.2) is 0 Å². The Kier molecular flexibility index (Phi) is 4.05. The van der Waals surface area contributed by atoms with E-state index in [0.717, 1.165) is 25.4 Å². The second-order valence-electron chi connectivity index (χ2n) is 5.72. The molecule has 2 heterocycles. The molecule has 4 heteroatoms. The van der Waals surface area contributed by atoms with Crippen molar-refractivity contribution in [3.8, 4) is 0 Å². The van der Waals surface area contributed by atoms with E-state index in [2.05, 4.69) is 11.9 Å². The van der Waals surface area contributed by atoms with Crippen LogP contribution in [-0.4, -0.2) is 55.0 Å². The fourth-order valence-electron chi connectivity index (χ4n) is 3.33. The number of piperidine rings is 2. The first kappa shape index (κ1) is 12.8. The summed E-state index contributed by atoms with van der Waals surface area (Å²) >= 11 is 0. The van der Waals surface area contributed by atoms with Crippen LogP contribution in [0.25, 0.3) is 0 Å². The number of amides is 1. The summed E-state index contributed by atoms with van der Waals surface area (Å²) in [6.07, 6.45) is 3.64. The molecule has 0 aliphatic carbocycles. The SMILES string of the molecule is CC(=O)N1CCC(C2CCN(C)CC2)C(N)C1. The maximum Gasteiger partial charge on any atom is 0.219 e. The van der Waals surface area contributed by atoms with Crippen molar-refractivity contribution in [2.24, 2.45) is 17.6 Å². The van der Waals surface area contributed by atoms with Gasteiger partial charge in [-0.25, -0.2) is 0 Å². The van der Waals surface area contributed by atoms with Crippen LogP contribution in [0.4, 0.5) is 0 Å². The third-order valence-electron chi connectivity index (χ3n) is 4.53. The zero-order valence-corrected chi connectivity index (χ0v) is 11.1. The monoisotopic (exact) mass is 239 g/mol. The molecular weight excluding hydrogens is 214 g/mol. The lowest BCUT2D eigenvalue weighted by Gasteiger charge is -2.42. The Labute approximate surface area is 104 Å². The number of likely N-dealkylation sites (tertiary alicyclic amines) is 2. The van der Waals surface area contributed by atoms with Crippen molar-refractivity contribution >= 4 is 5.91 Å². The summed E-state index contributed by atoms with van der Waals surface area (Å²) in [5.41, 5.74) is 6.27. The van der Waals surface area contributed by atoms with Crippen LogP contribution in [0.3, 0.4) is 0 Å². The summed E-state index contributed by atoms with van der Waals surface area (Å²) in [7, 11) is 2.19. The van der Waals surface area contributed by atoms with Crippen LogP contribution < -0.4 is 5.73 Å². The van der Waals surface area contributed by atoms with Crippen LogP contribution in [0, 0.1) is 11.8 Å². The first-order valence-electron chi connectivity index (χ1n) is 6.77. The highest BCUT2D eigenvalue weighted by molar-refractivity contribution is 5.73. The second-order valence-corrected chi connectivity index (χ2v) is 5.72. The van der Waals surface area contributed by atoms with Gasteiger partial charge in [0.1, 0.15) is 0 Å². The topological polar surface area (TPSA) is 49.6 Å². The lowest BCUT2D eigenvalue weighted by atomic mass is 9.76. The minimum atomic E-state index is 0.169. The van der Waals surface area contributed by atoms with Crippen molar-refractivity contribution in [2.45, 2.75) is 32.2 Å². The van der Waals surface area contributed by atoms with Crippen LogP contribution in [0.2, 0.25) is 0 Å². The van der Waals surface area contributed by atoms with Gasteiger partial charge in [0.05, 0.1) is 0 Å². The molecule has 0 aromatic carbocycles. The molecular formula is C13H25N3O. The molecule has 2 atom stereocenters. The first-order chi connectivity index (χ1) is 8.08. The van der Waals surface area contributed by atoms with E-state index in [9.17, 15) is 4.79 Å². The standard InChI is InChI=1S/C13H25N3O/c1-10(17)16-8-5-12(13(14)9-16)11-3-6-15(2)7-4-11/h11-13H,3-9,14H2,1-2H3. The Morgan fingerprint density at radius 3 is 2.35 bits per heavy atom. The molecule has 2 unspecified atom stereocenters. The van der Waals surface area contributed by atoms with Gasteiger partial charge in [-0.15, -0.1) is 0 Å². The quantitative estimate of drug-likeness (QED) is 0.726. The molecule has 0 saturated carbocycles. The van der Waals surface area contributed by atoms with Gasteiger partial charge in [-0.1, -0.05) is 0 Å². The highest BCUT2D eigenvalue weighted by atomic mass is 16.2. The molecule has 4 nitrogen and oxygen atoms in total. The molecule has 2 saturated heterocycles. The lowest BCUT2D eigenvalue weighted by molar-refractivity contribution is -0.131. The minimum Gasteiger partial charge on any atom is -0.341 e. The first-order valence-corrected chi connectivity index (χ1v) is 6.77. The maximum absolute atomic E-state index is 11.3. The molecule has 2 aliphatic rings. The van der Waals surface area contributed by atoms with E-state index in [-0.39, 0.29) is 11.9 Å². The predicted octanol–water partition coefficient (Wildman–Crippen LogP) is 0.524. The number of nitrogens with zero attached hydrogens (tertiary/aromatic N) is 2. The lowest BCUT2D eigenvalue weighted by Crippen LogP contribution is -2.53. The van der Waals surface area contributed by atoms with Gasteiger partial charge in [0.2, 0.25) is 5.91 Å². The van der Waals surface area contributed by atoms with Gasteiger partial charge in [-0.05, 0) is 51.2 Å². The summed E-state index contributed by atoms with van der Waals surface area (Å²) in [5.74, 6) is 1.57. The van der Waals surface area contributed by atoms with E-state index in [1.54, 1.807) is 6.92 Å². The van der Waals surface area contributed by atoms with E-state index in [4.69, 9.17) is 5.73 Å². The van der Waals surface area contributed by atoms with E-state index in [0.29, 0.717) is 5.92 Å². The Bertz CT molecular complexity index is 274. The molecule has 2 N–H and O–H groups in total. The molecule has 0 radical (unpaired) electrons. The summed E-state index contributed by atoms with van der Waals surface area (Å²) in [5, 5.41) is 0. The minimum absolute atomic E-state index is 0.169. The van der Waals surface area contributed by atoms with E-state index in [1.165, 1.54) is 25.9 Å². The normalized spacial score (nSPS) is 32.8. The fraction of sp³-hybridized carbons (Fsp3) is 0.923. The highest BCUT2D eigenvalue weighted by Crippen LogP contribution is 2.31. The Morgan fingerprint density at radius 1 is 1.18 bits per heavy atom. The number of carbonyl (C=O) groups is 1. The van der Waals surface area contributed by atoms with Crippen molar-refractivity contribution in [2.75, 3.05) is 33.2 Å². The van der Waals surface area contributed by atoms with E-state index < -0.39 is 0 Å². The van der Waals surface area contributed by atoms with Crippen molar-refractivity contribution in [1.82, 2.24) is 9.80 Å². The van der Waals surface area contributed by atoms with Gasteiger partial charge in [0, 0.05) is 26.1 Å². The zero-order valence-electron chi connectivity index (χ0n) is 11.1. The van der Waals surface area contributed by atoms with Crippen molar-refractivity contribution in [3.05, 3.63) is 0 Å². The third kappa shape index (κ3) is 2.99. The van der Waals surface area contributed by atoms with Crippen LogP contribution in [-0.2, 0) is 4.79 Å². The predicted molar refractivity (Wildman–Crippen MR) is 68.6 cm³/mol. The fourth-order valence-corrected chi connectivity index (χ4v) is 3.33. The Hall–Kier alpha value is -0.610. The molecule has 2 fully saturated rings. The van der Waals surface area contributed by atoms with Gasteiger partial charge in [-0.3, -0.25) is 4.79 Å². The van der Waals surface area contributed by atoms with Crippen LogP contribution in [0.1, 0.15) is 26.2 Å². The average molecular weight is 239 g/mol. The smallest absolute Gasteiger partial charge is 0.219 e. The second kappa shape index (κ2) is 5.36. The molecule has 17 heavy (non-hydrogen) atoms. The van der Waals surface area contributed by atoms with Crippen LogP contribution in [0.5, 0.6) is 0 Å². The van der Waals surface area contributed by atoms with Crippen molar-refractivity contribution in [3.63, 3.8) is 0 Å². The van der Waals surface area contributed by atoms with Gasteiger partial charge >= 0.3 is 0 Å². The molecule has 0 bridgehead atoms. The van der Waals surface area contributed by atoms with E-state index in [1.807, 2.05) is 4.90 Å². The number of hydrogen-bond donors (Lipinski definition) is 1. The molecule has 2 rings (SSSR count). The van der Waals surface area contributed by atoms with E-state index >= 15 is 0 Å². The summed E-state index contributed by atoms with van der Waals surface area (Å²) in [6.45, 7) is 5.70. The molecule has 0 aromatic rings. The van der Waals surface area contributed by atoms with Crippen LogP contribution >= 0.6 is 0 Å². The number of carbonyl (C=O) groups excluding carboxylic acids is 1. The molecule has 0 aromatic heterocycles. The maximum atomic E-state index is 11.3. The number of rotatable bonds is 1. The highest BCUT2D eigenvalue weighted by Gasteiger charge is 2.34. The number of nitrogens with two attached hydrogens (primary N) is 1. The van der Waals surface area contributed by atoms with Gasteiger partial charge in [-0.2, -0.15) is 0 Å². The zero-order chi connectivity index (χ0) is 12.4. The summed E-state index contributed by atoms with van der Waals surface area (Å²) < 4.78 is 0. The number of hydrogen-bond acceptors (Lipinski definition) is 3. The van der Waals surface area contributed by atoms with Gasteiger partial charge < -0.3 is 15.5 Å². The average Bonchev–Trinajstić information content (AvgIpc) is 2.30. The Morgan fingerprint density at radius 2 is 1.82 bits per heavy atom. The molecule has 1 amide bonds. The van der Waals surface area contributed by atoms with Gasteiger partial charge in [0.25, 0.3) is 0 Å². The third-order valence-corrected chi connectivity index (χ3v) is 4.53. The summed E-state index contributed by atoms with van der Waals surface area (Å²) in [4.78, 5) is 15.6. The van der Waals surface area contributed by atoms with Crippen molar-refractivity contribution in [1.29, 1.82) is 0 Å². The van der Waals surface area contributed by atoms with Crippen molar-refractivity contribution < 1.29 is 4.79 Å². The molecule has 0 spiro atoms. The van der Waals surface area contributed by atoms with Crippen LogP contribution in [0.15, 0.2) is 0 Å².